The van der Waals surface area contributed by atoms with E-state index >= 15 is 0 Å². The Morgan fingerprint density at radius 1 is 1.03 bits per heavy atom. The Kier molecular flexibility index (Phi) is 21.6. The molecular formula is C19H36N4O5S2. The smallest absolute Gasteiger partial charge is 0.350 e. The number of ketones is 1. The van der Waals surface area contributed by atoms with E-state index in [1.54, 1.807) is 13.8 Å². The van der Waals surface area contributed by atoms with E-state index in [2.05, 4.69) is 33.4 Å². The summed E-state index contributed by atoms with van der Waals surface area (Å²) in [6.45, 7) is 8.16. The highest BCUT2D eigenvalue weighted by Gasteiger charge is 2.17. The van der Waals surface area contributed by atoms with Crippen LogP contribution in [0.2, 0.25) is 0 Å². The number of ether oxygens (including phenoxy) is 2. The van der Waals surface area contributed by atoms with Crippen LogP contribution in [-0.4, -0.2) is 41.0 Å². The standard InChI is InChI=1S/C9H14N2O2S.C8H14O3.CH4N2S.CH4/c1-3-5-6-7(8(12)13-4-2)14-9(10)11-6;1-3-5-7(9)6-8(10)11-4-2;2-1(3)4;/h3-5H2,1-2H3,(H2,10,11);3-6H2,1-2H3;(H4,2,3,4);1H4. The van der Waals surface area contributed by atoms with Gasteiger partial charge in [0, 0.05) is 6.42 Å². The summed E-state index contributed by atoms with van der Waals surface area (Å²) >= 11 is 5.29. The highest BCUT2D eigenvalue weighted by molar-refractivity contribution is 7.80. The molecule has 0 aromatic carbocycles. The largest absolute Gasteiger partial charge is 0.466 e. The second-order valence-electron chi connectivity index (χ2n) is 5.47. The molecule has 0 amide bonds. The number of nitrogens with two attached hydrogens (primary N) is 3. The number of thiazole rings is 1. The molecule has 0 aliphatic heterocycles. The number of nitrogen functional groups attached to an aromatic ring is 1. The van der Waals surface area contributed by atoms with Crippen LogP contribution in [0.1, 0.15) is 76.2 Å². The number of Topliss-reactive ketones (excluding diaryl/α,β-unsaturated/α-hetero) is 1. The summed E-state index contributed by atoms with van der Waals surface area (Å²) in [4.78, 5) is 37.6. The molecule has 0 bridgehead atoms. The molecule has 0 radical (unpaired) electrons. The monoisotopic (exact) mass is 464 g/mol. The third kappa shape index (κ3) is 17.8. The van der Waals surface area contributed by atoms with Gasteiger partial charge in [-0.15, -0.1) is 0 Å². The fourth-order valence-corrected chi connectivity index (χ4v) is 2.65. The third-order valence-electron chi connectivity index (χ3n) is 2.84. The van der Waals surface area contributed by atoms with Gasteiger partial charge in [0.2, 0.25) is 0 Å². The van der Waals surface area contributed by atoms with E-state index in [-0.39, 0.29) is 30.7 Å². The molecular weight excluding hydrogens is 428 g/mol. The average Bonchev–Trinajstić information content (AvgIpc) is 2.96. The minimum Gasteiger partial charge on any atom is -0.466 e. The van der Waals surface area contributed by atoms with Gasteiger partial charge in [0.05, 0.1) is 18.9 Å². The summed E-state index contributed by atoms with van der Waals surface area (Å²) in [7, 11) is 0. The zero-order valence-electron chi connectivity index (χ0n) is 17.5. The summed E-state index contributed by atoms with van der Waals surface area (Å²) in [5.74, 6) is -0.762. The van der Waals surface area contributed by atoms with Crippen LogP contribution in [-0.2, 0) is 25.5 Å². The van der Waals surface area contributed by atoms with Crippen LogP contribution >= 0.6 is 23.6 Å². The van der Waals surface area contributed by atoms with E-state index in [1.165, 1.54) is 11.3 Å². The van der Waals surface area contributed by atoms with Gasteiger partial charge in [-0.1, -0.05) is 39.0 Å². The number of aryl methyl sites for hydroxylation is 1. The zero-order chi connectivity index (χ0) is 22.8. The SMILES string of the molecule is C.CCCC(=O)CC(=O)OCC.CCCc1nc(N)sc1C(=O)OCC.NC(N)=S. The number of aromatic nitrogens is 1. The van der Waals surface area contributed by atoms with E-state index in [9.17, 15) is 14.4 Å². The number of anilines is 1. The first kappa shape index (κ1) is 32.4. The molecule has 1 aromatic heterocycles. The number of nitrogens with zero attached hydrogens (tertiary/aromatic N) is 1. The molecule has 0 atom stereocenters. The molecule has 0 saturated carbocycles. The van der Waals surface area contributed by atoms with Crippen molar-refractivity contribution in [1.82, 2.24) is 4.98 Å². The molecule has 0 unspecified atom stereocenters. The van der Waals surface area contributed by atoms with E-state index < -0.39 is 5.97 Å². The lowest BCUT2D eigenvalue weighted by atomic mass is 10.2. The van der Waals surface area contributed by atoms with Crippen LogP contribution in [0.5, 0.6) is 0 Å². The van der Waals surface area contributed by atoms with Gasteiger partial charge in [0.25, 0.3) is 0 Å². The summed E-state index contributed by atoms with van der Waals surface area (Å²) in [5, 5.41) is 0.427. The lowest BCUT2D eigenvalue weighted by Crippen LogP contribution is -2.18. The predicted molar refractivity (Wildman–Crippen MR) is 125 cm³/mol. The Bertz CT molecular complexity index is 631. The first-order chi connectivity index (χ1) is 13.6. The predicted octanol–water partition coefficient (Wildman–Crippen LogP) is 2.99. The van der Waals surface area contributed by atoms with Crippen molar-refractivity contribution in [3.63, 3.8) is 0 Å². The summed E-state index contributed by atoms with van der Waals surface area (Å²) < 4.78 is 9.50. The lowest BCUT2D eigenvalue weighted by molar-refractivity contribution is -0.145. The molecule has 9 nitrogen and oxygen atoms in total. The highest BCUT2D eigenvalue weighted by atomic mass is 32.1. The van der Waals surface area contributed by atoms with Crippen LogP contribution in [0.15, 0.2) is 0 Å². The highest BCUT2D eigenvalue weighted by Crippen LogP contribution is 2.22. The second-order valence-corrected chi connectivity index (χ2v) is 6.97. The van der Waals surface area contributed by atoms with Crippen molar-refractivity contribution in [2.45, 2.75) is 67.2 Å². The molecule has 1 rings (SSSR count). The van der Waals surface area contributed by atoms with Crippen LogP contribution in [0, 0.1) is 0 Å². The Labute approximate surface area is 188 Å². The van der Waals surface area contributed by atoms with Gasteiger partial charge in [-0.2, -0.15) is 0 Å². The second kappa shape index (κ2) is 20.0. The van der Waals surface area contributed by atoms with Crippen molar-refractivity contribution in [2.75, 3.05) is 18.9 Å². The first-order valence-corrected chi connectivity index (χ1v) is 10.5. The number of rotatable bonds is 9. The molecule has 1 heterocycles. The van der Waals surface area contributed by atoms with Gasteiger partial charge in [0.15, 0.2) is 10.2 Å². The molecule has 11 heteroatoms. The Hall–Kier alpha value is -2.27. The van der Waals surface area contributed by atoms with Crippen LogP contribution in [0.4, 0.5) is 5.13 Å². The van der Waals surface area contributed by atoms with Gasteiger partial charge >= 0.3 is 11.9 Å². The van der Waals surface area contributed by atoms with Crippen molar-refractivity contribution in [3.05, 3.63) is 10.6 Å². The van der Waals surface area contributed by atoms with Crippen LogP contribution in [0.25, 0.3) is 0 Å². The number of hydrogen-bond acceptors (Lipinski definition) is 9. The number of carbonyl (C=O) groups is 3. The maximum atomic E-state index is 11.4. The van der Waals surface area contributed by atoms with Gasteiger partial charge in [0.1, 0.15) is 17.1 Å². The minimum atomic E-state index is -0.411. The number of esters is 2. The summed E-state index contributed by atoms with van der Waals surface area (Å²) in [5.41, 5.74) is 15.5. The average molecular weight is 465 g/mol. The summed E-state index contributed by atoms with van der Waals surface area (Å²) in [6, 6.07) is 0. The first-order valence-electron chi connectivity index (χ1n) is 9.27. The molecule has 30 heavy (non-hydrogen) atoms. The van der Waals surface area contributed by atoms with E-state index in [1.807, 2.05) is 13.8 Å². The lowest BCUT2D eigenvalue weighted by Gasteiger charge is -2.00. The number of hydrogen-bond donors (Lipinski definition) is 3. The molecule has 0 aliphatic carbocycles. The fraction of sp³-hybridized carbons (Fsp3) is 0.632. The van der Waals surface area contributed by atoms with Crippen LogP contribution in [0.3, 0.4) is 0 Å². The minimum absolute atomic E-state index is 0. The van der Waals surface area contributed by atoms with Gasteiger partial charge < -0.3 is 26.7 Å². The van der Waals surface area contributed by atoms with E-state index in [0.29, 0.717) is 29.6 Å². The van der Waals surface area contributed by atoms with E-state index in [4.69, 9.17) is 10.5 Å². The van der Waals surface area contributed by atoms with Crippen molar-refractivity contribution in [1.29, 1.82) is 0 Å². The van der Waals surface area contributed by atoms with Crippen molar-refractivity contribution in [3.8, 4) is 0 Å². The maximum absolute atomic E-state index is 11.4. The van der Waals surface area contributed by atoms with Gasteiger partial charge in [-0.3, -0.25) is 9.59 Å². The van der Waals surface area contributed by atoms with E-state index in [0.717, 1.165) is 25.0 Å². The molecule has 1 aromatic rings. The van der Waals surface area contributed by atoms with Gasteiger partial charge in [-0.05, 0) is 38.9 Å². The Balaban J connectivity index is -0.000000410. The van der Waals surface area contributed by atoms with Gasteiger partial charge in [-0.25, -0.2) is 9.78 Å². The normalized spacial score (nSPS) is 8.93. The quantitative estimate of drug-likeness (QED) is 0.281. The van der Waals surface area contributed by atoms with Crippen molar-refractivity contribution < 1.29 is 23.9 Å². The number of thiocarbonyl (C=S) groups is 1. The molecule has 0 fully saturated rings. The maximum Gasteiger partial charge on any atom is 0.350 e. The Morgan fingerprint density at radius 2 is 1.57 bits per heavy atom. The molecule has 6 N–H and O–H groups in total. The zero-order valence-corrected chi connectivity index (χ0v) is 19.1. The topological polar surface area (TPSA) is 161 Å². The molecule has 0 spiro atoms. The third-order valence-corrected chi connectivity index (χ3v) is 3.74. The molecule has 0 aliphatic rings. The summed E-state index contributed by atoms with van der Waals surface area (Å²) in [6.07, 6.45) is 2.90. The van der Waals surface area contributed by atoms with Crippen molar-refractivity contribution in [2.24, 2.45) is 11.5 Å². The Morgan fingerprint density at radius 3 is 2.00 bits per heavy atom. The van der Waals surface area contributed by atoms with Crippen molar-refractivity contribution >= 4 is 51.5 Å². The van der Waals surface area contributed by atoms with Crippen LogP contribution < -0.4 is 17.2 Å². The molecule has 0 saturated heterocycles. The molecule has 174 valence electrons. The fourth-order valence-electron chi connectivity index (χ4n) is 1.87. The number of carbonyl (C=O) groups excluding carboxylic acids is 3.